The Morgan fingerprint density at radius 3 is 2.53 bits per heavy atom. The summed E-state index contributed by atoms with van der Waals surface area (Å²) in [6.45, 7) is 4.41. The third kappa shape index (κ3) is 3.01. The molecular weight excluding hydrogens is 234 g/mol. The molecule has 0 bridgehead atoms. The number of halogens is 1. The van der Waals surface area contributed by atoms with Gasteiger partial charge in [-0.25, -0.2) is 0 Å². The summed E-state index contributed by atoms with van der Waals surface area (Å²) in [5.74, 6) is 0. The predicted octanol–water partition coefficient (Wildman–Crippen LogP) is 3.51. The van der Waals surface area contributed by atoms with Crippen molar-refractivity contribution in [1.29, 1.82) is 0 Å². The van der Waals surface area contributed by atoms with Crippen LogP contribution in [-0.2, 0) is 4.74 Å². The summed E-state index contributed by atoms with van der Waals surface area (Å²) < 4.78 is 5.40. The maximum Gasteiger partial charge on any atom is 0.0595 e. The first-order chi connectivity index (χ1) is 8.22. The first-order valence-electron chi connectivity index (χ1n) is 6.23. The van der Waals surface area contributed by atoms with Crippen LogP contribution in [0.25, 0.3) is 0 Å². The molecule has 1 aromatic rings. The quantitative estimate of drug-likeness (QED) is 0.817. The molecular formula is C14H20ClNO. The molecule has 0 spiro atoms. The summed E-state index contributed by atoms with van der Waals surface area (Å²) in [5.41, 5.74) is 1.23. The van der Waals surface area contributed by atoms with E-state index in [1.165, 1.54) is 5.56 Å². The van der Waals surface area contributed by atoms with E-state index in [2.05, 4.69) is 24.0 Å². The van der Waals surface area contributed by atoms with Crippen LogP contribution in [0.5, 0.6) is 0 Å². The van der Waals surface area contributed by atoms with Crippen molar-refractivity contribution < 1.29 is 4.74 Å². The summed E-state index contributed by atoms with van der Waals surface area (Å²) in [6.07, 6.45) is 2.67. The van der Waals surface area contributed by atoms with Gasteiger partial charge in [-0.05, 0) is 31.4 Å². The number of hydrogen-bond donors (Lipinski definition) is 0. The second kappa shape index (κ2) is 5.85. The molecule has 1 heterocycles. The zero-order valence-electron chi connectivity index (χ0n) is 10.5. The van der Waals surface area contributed by atoms with E-state index in [1.54, 1.807) is 7.11 Å². The van der Waals surface area contributed by atoms with Crippen LogP contribution in [0.1, 0.15) is 31.4 Å². The molecule has 0 aromatic heterocycles. The number of benzene rings is 1. The third-order valence-corrected chi connectivity index (χ3v) is 4.06. The maximum atomic E-state index is 6.24. The number of methoxy groups -OCH3 is 1. The topological polar surface area (TPSA) is 12.5 Å². The number of piperidine rings is 1. The fraction of sp³-hybridized carbons (Fsp3) is 0.571. The Morgan fingerprint density at radius 2 is 1.94 bits per heavy atom. The summed E-state index contributed by atoms with van der Waals surface area (Å²) in [5, 5.41) is 0.869. The van der Waals surface area contributed by atoms with Gasteiger partial charge in [0.25, 0.3) is 0 Å². The number of hydrogen-bond acceptors (Lipinski definition) is 2. The van der Waals surface area contributed by atoms with E-state index in [9.17, 15) is 0 Å². The zero-order valence-corrected chi connectivity index (χ0v) is 11.3. The van der Waals surface area contributed by atoms with Crippen molar-refractivity contribution in [1.82, 2.24) is 4.90 Å². The number of likely N-dealkylation sites (tertiary alicyclic amines) is 1. The lowest BCUT2D eigenvalue weighted by atomic mass is 10.0. The van der Waals surface area contributed by atoms with E-state index < -0.39 is 0 Å². The second-order valence-electron chi connectivity index (χ2n) is 4.67. The number of rotatable bonds is 3. The molecule has 1 aliphatic rings. The first kappa shape index (κ1) is 12.9. The molecule has 1 aromatic carbocycles. The molecule has 0 amide bonds. The van der Waals surface area contributed by atoms with Gasteiger partial charge < -0.3 is 4.74 Å². The summed E-state index contributed by atoms with van der Waals surface area (Å²) in [4.78, 5) is 2.48. The molecule has 1 saturated heterocycles. The minimum Gasteiger partial charge on any atom is -0.381 e. The Labute approximate surface area is 109 Å². The van der Waals surface area contributed by atoms with Gasteiger partial charge in [0.05, 0.1) is 6.10 Å². The predicted molar refractivity (Wildman–Crippen MR) is 71.5 cm³/mol. The van der Waals surface area contributed by atoms with Gasteiger partial charge in [-0.3, -0.25) is 4.90 Å². The highest BCUT2D eigenvalue weighted by Crippen LogP contribution is 2.29. The van der Waals surface area contributed by atoms with E-state index in [4.69, 9.17) is 16.3 Å². The van der Waals surface area contributed by atoms with Crippen LogP contribution < -0.4 is 0 Å². The van der Waals surface area contributed by atoms with Crippen LogP contribution >= 0.6 is 11.6 Å². The molecule has 0 aliphatic carbocycles. The highest BCUT2D eigenvalue weighted by molar-refractivity contribution is 6.31. The van der Waals surface area contributed by atoms with Crippen LogP contribution in [0.2, 0.25) is 5.02 Å². The average Bonchev–Trinajstić information content (AvgIpc) is 2.39. The molecule has 1 aliphatic heterocycles. The Morgan fingerprint density at radius 1 is 1.29 bits per heavy atom. The molecule has 0 unspecified atom stereocenters. The SMILES string of the molecule is COC1CCN([C@@H](C)c2ccccc2Cl)CC1. The van der Waals surface area contributed by atoms with Gasteiger partial charge >= 0.3 is 0 Å². The molecule has 1 fully saturated rings. The largest absolute Gasteiger partial charge is 0.381 e. The van der Waals surface area contributed by atoms with Gasteiger partial charge in [0.1, 0.15) is 0 Å². The normalized spacial score (nSPS) is 20.4. The smallest absolute Gasteiger partial charge is 0.0595 e. The van der Waals surface area contributed by atoms with Crippen molar-refractivity contribution in [2.75, 3.05) is 20.2 Å². The van der Waals surface area contributed by atoms with Crippen molar-refractivity contribution in [3.63, 3.8) is 0 Å². The van der Waals surface area contributed by atoms with Crippen molar-refractivity contribution in [2.45, 2.75) is 31.9 Å². The Bertz CT molecular complexity index is 361. The lowest BCUT2D eigenvalue weighted by molar-refractivity contribution is 0.0295. The number of ether oxygens (including phenoxy) is 1. The fourth-order valence-electron chi connectivity index (χ4n) is 2.51. The molecule has 0 saturated carbocycles. The molecule has 2 nitrogen and oxygen atoms in total. The molecule has 94 valence electrons. The van der Waals surface area contributed by atoms with Crippen LogP contribution in [0, 0.1) is 0 Å². The summed E-state index contributed by atoms with van der Waals surface area (Å²) in [7, 11) is 1.80. The van der Waals surface area contributed by atoms with Gasteiger partial charge in [-0.2, -0.15) is 0 Å². The Kier molecular flexibility index (Phi) is 4.43. The van der Waals surface area contributed by atoms with Gasteiger partial charge in [0, 0.05) is 31.3 Å². The van der Waals surface area contributed by atoms with Gasteiger partial charge in [-0.15, -0.1) is 0 Å². The molecule has 3 heteroatoms. The van der Waals surface area contributed by atoms with E-state index >= 15 is 0 Å². The van der Waals surface area contributed by atoms with Crippen molar-refractivity contribution in [3.05, 3.63) is 34.9 Å². The minimum absolute atomic E-state index is 0.390. The maximum absolute atomic E-state index is 6.24. The summed E-state index contributed by atoms with van der Waals surface area (Å²) >= 11 is 6.24. The number of nitrogens with zero attached hydrogens (tertiary/aromatic N) is 1. The van der Waals surface area contributed by atoms with E-state index in [-0.39, 0.29) is 0 Å². The molecule has 0 N–H and O–H groups in total. The Balaban J connectivity index is 2.02. The zero-order chi connectivity index (χ0) is 12.3. The van der Waals surface area contributed by atoms with Gasteiger partial charge in [0.15, 0.2) is 0 Å². The first-order valence-corrected chi connectivity index (χ1v) is 6.61. The standard InChI is InChI=1S/C14H20ClNO/c1-11(13-5-3-4-6-14(13)15)16-9-7-12(17-2)8-10-16/h3-6,11-12H,7-10H2,1-2H3/t11-/m0/s1. The molecule has 1 atom stereocenters. The van der Waals surface area contributed by atoms with E-state index in [0.29, 0.717) is 12.1 Å². The second-order valence-corrected chi connectivity index (χ2v) is 5.08. The van der Waals surface area contributed by atoms with E-state index in [0.717, 1.165) is 31.0 Å². The van der Waals surface area contributed by atoms with Crippen LogP contribution in [0.3, 0.4) is 0 Å². The molecule has 2 rings (SSSR count). The monoisotopic (exact) mass is 253 g/mol. The van der Waals surface area contributed by atoms with Gasteiger partial charge in [-0.1, -0.05) is 29.8 Å². The minimum atomic E-state index is 0.390. The third-order valence-electron chi connectivity index (χ3n) is 3.71. The Hall–Kier alpha value is -0.570. The summed E-state index contributed by atoms with van der Waals surface area (Å²) in [6, 6.07) is 8.52. The molecule has 17 heavy (non-hydrogen) atoms. The van der Waals surface area contributed by atoms with Crippen LogP contribution in [-0.4, -0.2) is 31.2 Å². The van der Waals surface area contributed by atoms with Gasteiger partial charge in [0.2, 0.25) is 0 Å². The van der Waals surface area contributed by atoms with Crippen molar-refractivity contribution >= 4 is 11.6 Å². The van der Waals surface area contributed by atoms with E-state index in [1.807, 2.05) is 12.1 Å². The fourth-order valence-corrected chi connectivity index (χ4v) is 2.80. The van der Waals surface area contributed by atoms with Crippen LogP contribution in [0.15, 0.2) is 24.3 Å². The lowest BCUT2D eigenvalue weighted by Gasteiger charge is -2.36. The highest BCUT2D eigenvalue weighted by atomic mass is 35.5. The lowest BCUT2D eigenvalue weighted by Crippen LogP contribution is -2.38. The highest BCUT2D eigenvalue weighted by Gasteiger charge is 2.24. The van der Waals surface area contributed by atoms with Crippen LogP contribution in [0.4, 0.5) is 0 Å². The average molecular weight is 254 g/mol. The van der Waals surface area contributed by atoms with Crippen molar-refractivity contribution in [3.8, 4) is 0 Å². The molecule has 0 radical (unpaired) electrons. The van der Waals surface area contributed by atoms with Crippen molar-refractivity contribution in [2.24, 2.45) is 0 Å².